The Kier molecular flexibility index (Phi) is 6.12. The SMILES string of the molecule is COc1ccc(-c2ncc(CC3CCCCC3)cc2-c2ccc(C(=O)O)cc2)cc1. The van der Waals surface area contributed by atoms with Crippen molar-refractivity contribution in [2.24, 2.45) is 5.92 Å². The second kappa shape index (κ2) is 9.12. The number of carboxylic acids is 1. The van der Waals surface area contributed by atoms with E-state index in [4.69, 9.17) is 9.72 Å². The summed E-state index contributed by atoms with van der Waals surface area (Å²) in [6.07, 6.45) is 9.65. The molecular formula is C26H27NO3. The van der Waals surface area contributed by atoms with Gasteiger partial charge in [0.25, 0.3) is 0 Å². The lowest BCUT2D eigenvalue weighted by Crippen LogP contribution is -2.09. The largest absolute Gasteiger partial charge is 0.497 e. The van der Waals surface area contributed by atoms with E-state index in [1.807, 2.05) is 42.6 Å². The van der Waals surface area contributed by atoms with Crippen LogP contribution < -0.4 is 4.74 Å². The number of rotatable bonds is 6. The van der Waals surface area contributed by atoms with Gasteiger partial charge in [0.05, 0.1) is 18.4 Å². The number of benzene rings is 2. The number of hydrogen-bond acceptors (Lipinski definition) is 3. The number of methoxy groups -OCH3 is 1. The highest BCUT2D eigenvalue weighted by molar-refractivity contribution is 5.89. The molecule has 4 heteroatoms. The number of aromatic carboxylic acids is 1. The van der Waals surface area contributed by atoms with E-state index >= 15 is 0 Å². The highest BCUT2D eigenvalue weighted by Crippen LogP contribution is 2.34. The fraction of sp³-hybridized carbons (Fsp3) is 0.308. The zero-order valence-corrected chi connectivity index (χ0v) is 17.3. The molecule has 1 saturated carbocycles. The second-order valence-electron chi connectivity index (χ2n) is 8.06. The molecule has 1 aliphatic carbocycles. The molecule has 1 aliphatic rings. The third-order valence-electron chi connectivity index (χ3n) is 6.00. The summed E-state index contributed by atoms with van der Waals surface area (Å²) >= 11 is 0. The molecule has 0 spiro atoms. The lowest BCUT2D eigenvalue weighted by molar-refractivity contribution is 0.0697. The van der Waals surface area contributed by atoms with Crippen LogP contribution in [0.3, 0.4) is 0 Å². The molecule has 154 valence electrons. The van der Waals surface area contributed by atoms with Gasteiger partial charge in [-0.25, -0.2) is 4.79 Å². The van der Waals surface area contributed by atoms with Gasteiger partial charge in [-0.3, -0.25) is 4.98 Å². The van der Waals surface area contributed by atoms with Crippen LogP contribution in [0.4, 0.5) is 0 Å². The van der Waals surface area contributed by atoms with Gasteiger partial charge >= 0.3 is 5.97 Å². The Hall–Kier alpha value is -3.14. The molecule has 2 aromatic carbocycles. The number of aromatic nitrogens is 1. The summed E-state index contributed by atoms with van der Waals surface area (Å²) in [6, 6.07) is 17.2. The number of nitrogens with zero attached hydrogens (tertiary/aromatic N) is 1. The zero-order valence-electron chi connectivity index (χ0n) is 17.3. The standard InChI is InChI=1S/C26H27NO3/c1-30-23-13-11-21(12-14-23)25-24(20-7-9-22(10-8-20)26(28)29)16-19(17-27-25)15-18-5-3-2-4-6-18/h7-14,16-18H,2-6,15H2,1H3,(H,28,29). The maximum absolute atomic E-state index is 11.2. The molecule has 1 aromatic heterocycles. The maximum Gasteiger partial charge on any atom is 0.335 e. The molecule has 0 atom stereocenters. The van der Waals surface area contributed by atoms with Crippen molar-refractivity contribution in [1.82, 2.24) is 4.98 Å². The van der Waals surface area contributed by atoms with E-state index in [0.29, 0.717) is 0 Å². The Bertz CT molecular complexity index is 1000. The summed E-state index contributed by atoms with van der Waals surface area (Å²) in [4.78, 5) is 16.1. The van der Waals surface area contributed by atoms with E-state index in [1.54, 1.807) is 19.2 Å². The first-order valence-corrected chi connectivity index (χ1v) is 10.6. The van der Waals surface area contributed by atoms with Crippen molar-refractivity contribution in [1.29, 1.82) is 0 Å². The van der Waals surface area contributed by atoms with Gasteiger partial charge in [-0.15, -0.1) is 0 Å². The monoisotopic (exact) mass is 401 g/mol. The Morgan fingerprint density at radius 2 is 1.67 bits per heavy atom. The molecule has 1 heterocycles. The van der Waals surface area contributed by atoms with Crippen LogP contribution in [-0.4, -0.2) is 23.2 Å². The van der Waals surface area contributed by atoms with E-state index in [0.717, 1.165) is 40.5 Å². The van der Waals surface area contributed by atoms with Crippen LogP contribution in [0.1, 0.15) is 48.0 Å². The molecular weight excluding hydrogens is 374 g/mol. The summed E-state index contributed by atoms with van der Waals surface area (Å²) < 4.78 is 5.28. The average Bonchev–Trinajstić information content (AvgIpc) is 2.80. The Balaban J connectivity index is 1.73. The van der Waals surface area contributed by atoms with E-state index in [1.165, 1.54) is 37.7 Å². The maximum atomic E-state index is 11.2. The molecule has 0 saturated heterocycles. The van der Waals surface area contributed by atoms with Crippen molar-refractivity contribution in [3.05, 3.63) is 71.9 Å². The van der Waals surface area contributed by atoms with Crippen molar-refractivity contribution in [3.63, 3.8) is 0 Å². The van der Waals surface area contributed by atoms with Gasteiger partial charge in [-0.2, -0.15) is 0 Å². The normalized spacial score (nSPS) is 14.4. The van der Waals surface area contributed by atoms with Gasteiger partial charge in [0.1, 0.15) is 5.75 Å². The average molecular weight is 402 g/mol. The molecule has 0 unspecified atom stereocenters. The minimum absolute atomic E-state index is 0.288. The summed E-state index contributed by atoms with van der Waals surface area (Å²) in [5, 5.41) is 9.23. The molecule has 3 aromatic rings. The smallest absolute Gasteiger partial charge is 0.335 e. The van der Waals surface area contributed by atoms with Gasteiger partial charge in [-0.1, -0.05) is 44.2 Å². The molecule has 1 fully saturated rings. The minimum atomic E-state index is -0.916. The first kappa shape index (κ1) is 20.1. The second-order valence-corrected chi connectivity index (χ2v) is 8.06. The molecule has 1 N–H and O–H groups in total. The molecule has 4 nitrogen and oxygen atoms in total. The lowest BCUT2D eigenvalue weighted by Gasteiger charge is -2.22. The van der Waals surface area contributed by atoms with Gasteiger partial charge in [0.15, 0.2) is 0 Å². The third kappa shape index (κ3) is 4.54. The first-order chi connectivity index (χ1) is 14.6. The number of pyridine rings is 1. The van der Waals surface area contributed by atoms with Crippen LogP contribution in [0.2, 0.25) is 0 Å². The molecule has 4 rings (SSSR count). The van der Waals surface area contributed by atoms with Gasteiger partial charge < -0.3 is 9.84 Å². The highest BCUT2D eigenvalue weighted by Gasteiger charge is 2.17. The fourth-order valence-corrected chi connectivity index (χ4v) is 4.34. The number of ether oxygens (including phenoxy) is 1. The predicted molar refractivity (Wildman–Crippen MR) is 119 cm³/mol. The minimum Gasteiger partial charge on any atom is -0.497 e. The van der Waals surface area contributed by atoms with Crippen LogP contribution in [-0.2, 0) is 6.42 Å². The lowest BCUT2D eigenvalue weighted by atomic mass is 9.84. The van der Waals surface area contributed by atoms with Crippen LogP contribution in [0, 0.1) is 5.92 Å². The van der Waals surface area contributed by atoms with Crippen molar-refractivity contribution < 1.29 is 14.6 Å². The van der Waals surface area contributed by atoms with E-state index < -0.39 is 5.97 Å². The van der Waals surface area contributed by atoms with Crippen molar-refractivity contribution >= 4 is 5.97 Å². The Morgan fingerprint density at radius 1 is 1.00 bits per heavy atom. The molecule has 0 bridgehead atoms. The molecule has 30 heavy (non-hydrogen) atoms. The van der Waals surface area contributed by atoms with Gasteiger partial charge in [-0.05, 0) is 65.9 Å². The molecule has 0 radical (unpaired) electrons. The van der Waals surface area contributed by atoms with E-state index in [-0.39, 0.29) is 5.56 Å². The van der Waals surface area contributed by atoms with Crippen molar-refractivity contribution in [3.8, 4) is 28.1 Å². The predicted octanol–water partition coefficient (Wildman–Crippen LogP) is 6.25. The zero-order chi connectivity index (χ0) is 20.9. The van der Waals surface area contributed by atoms with Crippen LogP contribution >= 0.6 is 0 Å². The van der Waals surface area contributed by atoms with E-state index in [2.05, 4.69) is 6.07 Å². The number of carboxylic acid groups (broad SMARTS) is 1. The summed E-state index contributed by atoms with van der Waals surface area (Å²) in [5.74, 6) is 0.621. The number of hydrogen-bond donors (Lipinski definition) is 1. The van der Waals surface area contributed by atoms with Crippen molar-refractivity contribution in [2.45, 2.75) is 38.5 Å². The third-order valence-corrected chi connectivity index (χ3v) is 6.00. The topological polar surface area (TPSA) is 59.4 Å². The number of carbonyl (C=O) groups is 1. The van der Waals surface area contributed by atoms with Crippen molar-refractivity contribution in [2.75, 3.05) is 7.11 Å². The van der Waals surface area contributed by atoms with Crippen LogP contribution in [0.15, 0.2) is 60.8 Å². The van der Waals surface area contributed by atoms with Gasteiger partial charge in [0.2, 0.25) is 0 Å². The quantitative estimate of drug-likeness (QED) is 0.531. The molecule has 0 aliphatic heterocycles. The van der Waals surface area contributed by atoms with Gasteiger partial charge in [0, 0.05) is 17.3 Å². The highest BCUT2D eigenvalue weighted by atomic mass is 16.5. The first-order valence-electron chi connectivity index (χ1n) is 10.6. The van der Waals surface area contributed by atoms with Crippen LogP contribution in [0.25, 0.3) is 22.4 Å². The summed E-state index contributed by atoms with van der Waals surface area (Å²) in [6.45, 7) is 0. The molecule has 0 amide bonds. The fourth-order valence-electron chi connectivity index (χ4n) is 4.34. The van der Waals surface area contributed by atoms with Crippen LogP contribution in [0.5, 0.6) is 5.75 Å². The van der Waals surface area contributed by atoms with E-state index in [9.17, 15) is 9.90 Å². The Morgan fingerprint density at radius 3 is 2.30 bits per heavy atom. The summed E-state index contributed by atoms with van der Waals surface area (Å²) in [5.41, 5.74) is 5.45. The summed E-state index contributed by atoms with van der Waals surface area (Å²) in [7, 11) is 1.66. The Labute approximate surface area is 177 Å².